The Morgan fingerprint density at radius 2 is 1.94 bits per heavy atom. The summed E-state index contributed by atoms with van der Waals surface area (Å²) in [6.07, 6.45) is 2.84. The molecule has 1 aliphatic rings. The average Bonchev–Trinajstić information content (AvgIpc) is 2.27. The summed E-state index contributed by atoms with van der Waals surface area (Å²) >= 11 is 0. The van der Waals surface area contributed by atoms with E-state index in [1.807, 2.05) is 7.05 Å². The molecule has 1 fully saturated rings. The van der Waals surface area contributed by atoms with Gasteiger partial charge in [-0.05, 0) is 59.5 Å². The van der Waals surface area contributed by atoms with Gasteiger partial charge in [-0.1, -0.05) is 0 Å². The normalized spacial score (nSPS) is 29.9. The monoisotopic (exact) mass is 243 g/mol. The van der Waals surface area contributed by atoms with Crippen molar-refractivity contribution in [2.75, 3.05) is 13.6 Å². The van der Waals surface area contributed by atoms with E-state index in [4.69, 9.17) is 0 Å². The van der Waals surface area contributed by atoms with E-state index in [0.717, 1.165) is 6.54 Å². The summed E-state index contributed by atoms with van der Waals surface area (Å²) in [5.74, 6) is -0.693. The quantitative estimate of drug-likeness (QED) is 0.772. The lowest BCUT2D eigenvalue weighted by Gasteiger charge is -2.36. The van der Waals surface area contributed by atoms with Crippen molar-refractivity contribution in [3.63, 3.8) is 0 Å². The van der Waals surface area contributed by atoms with Crippen molar-refractivity contribution in [3.05, 3.63) is 0 Å². The second-order valence-corrected chi connectivity index (χ2v) is 5.64. The highest BCUT2D eigenvalue weighted by Crippen LogP contribution is 2.39. The molecule has 0 aromatic rings. The van der Waals surface area contributed by atoms with Gasteiger partial charge < -0.3 is 15.1 Å². The minimum atomic E-state index is -0.693. The van der Waals surface area contributed by atoms with Crippen LogP contribution in [0.4, 0.5) is 0 Å². The first-order valence-corrected chi connectivity index (χ1v) is 6.49. The van der Waals surface area contributed by atoms with Crippen molar-refractivity contribution in [3.8, 4) is 0 Å². The first-order chi connectivity index (χ1) is 7.87. The number of aliphatic hydroxyl groups excluding tert-OH is 1. The number of rotatable bonds is 5. The zero-order chi connectivity index (χ0) is 13.1. The minimum Gasteiger partial charge on any atom is -0.481 e. The van der Waals surface area contributed by atoms with Gasteiger partial charge in [0.05, 0.1) is 11.5 Å². The fraction of sp³-hybridized carbons (Fsp3) is 0.923. The van der Waals surface area contributed by atoms with Crippen molar-refractivity contribution < 1.29 is 15.0 Å². The molecule has 0 radical (unpaired) electrons. The summed E-state index contributed by atoms with van der Waals surface area (Å²) < 4.78 is 0. The molecule has 0 bridgehead atoms. The third kappa shape index (κ3) is 3.68. The SMILES string of the molecule is CC(C)N(C)CCC1(C(=O)O)CCC(O)CC1. The van der Waals surface area contributed by atoms with Gasteiger partial charge in [-0.15, -0.1) is 0 Å². The molecule has 0 spiro atoms. The molecule has 0 aliphatic heterocycles. The van der Waals surface area contributed by atoms with Crippen molar-refractivity contribution in [2.24, 2.45) is 5.41 Å². The van der Waals surface area contributed by atoms with Gasteiger partial charge in [0.2, 0.25) is 0 Å². The molecule has 1 aliphatic carbocycles. The highest BCUT2D eigenvalue weighted by molar-refractivity contribution is 5.74. The summed E-state index contributed by atoms with van der Waals surface area (Å²) in [4.78, 5) is 13.6. The maximum Gasteiger partial charge on any atom is 0.309 e. The maximum atomic E-state index is 11.5. The average molecular weight is 243 g/mol. The molecule has 0 amide bonds. The van der Waals surface area contributed by atoms with Gasteiger partial charge in [0, 0.05) is 6.04 Å². The number of carboxylic acids is 1. The second-order valence-electron chi connectivity index (χ2n) is 5.64. The molecule has 0 unspecified atom stereocenters. The molecular weight excluding hydrogens is 218 g/mol. The van der Waals surface area contributed by atoms with E-state index in [1.54, 1.807) is 0 Å². The van der Waals surface area contributed by atoms with E-state index < -0.39 is 11.4 Å². The zero-order valence-corrected chi connectivity index (χ0v) is 11.1. The second kappa shape index (κ2) is 5.83. The van der Waals surface area contributed by atoms with Crippen LogP contribution in [0.3, 0.4) is 0 Å². The van der Waals surface area contributed by atoms with E-state index in [2.05, 4.69) is 18.7 Å². The molecule has 4 heteroatoms. The Morgan fingerprint density at radius 1 is 1.41 bits per heavy atom. The van der Waals surface area contributed by atoms with E-state index in [-0.39, 0.29) is 6.10 Å². The molecule has 0 aromatic carbocycles. The number of carbonyl (C=O) groups is 1. The Kier molecular flexibility index (Phi) is 4.95. The largest absolute Gasteiger partial charge is 0.481 e. The molecule has 0 saturated heterocycles. The lowest BCUT2D eigenvalue weighted by molar-refractivity contribution is -0.153. The summed E-state index contributed by atoms with van der Waals surface area (Å²) in [6.45, 7) is 5.02. The molecule has 100 valence electrons. The lowest BCUT2D eigenvalue weighted by atomic mass is 9.71. The van der Waals surface area contributed by atoms with Crippen LogP contribution < -0.4 is 0 Å². The number of aliphatic hydroxyl groups is 1. The van der Waals surface area contributed by atoms with Gasteiger partial charge in [0.15, 0.2) is 0 Å². The first-order valence-electron chi connectivity index (χ1n) is 6.49. The van der Waals surface area contributed by atoms with Crippen molar-refractivity contribution in [2.45, 2.75) is 58.1 Å². The van der Waals surface area contributed by atoms with Crippen LogP contribution in [0.25, 0.3) is 0 Å². The van der Waals surface area contributed by atoms with E-state index in [1.165, 1.54) is 0 Å². The van der Waals surface area contributed by atoms with Gasteiger partial charge in [-0.25, -0.2) is 0 Å². The van der Waals surface area contributed by atoms with Gasteiger partial charge in [0.25, 0.3) is 0 Å². The summed E-state index contributed by atoms with van der Waals surface area (Å²) in [7, 11) is 2.03. The van der Waals surface area contributed by atoms with Crippen LogP contribution in [0.1, 0.15) is 46.0 Å². The fourth-order valence-corrected chi connectivity index (χ4v) is 2.37. The maximum absolute atomic E-state index is 11.5. The molecular formula is C13H25NO3. The van der Waals surface area contributed by atoms with Crippen LogP contribution in [0.2, 0.25) is 0 Å². The molecule has 17 heavy (non-hydrogen) atoms. The zero-order valence-electron chi connectivity index (χ0n) is 11.1. The number of nitrogens with zero attached hydrogens (tertiary/aromatic N) is 1. The molecule has 4 nitrogen and oxygen atoms in total. The van der Waals surface area contributed by atoms with Crippen LogP contribution in [0.5, 0.6) is 0 Å². The van der Waals surface area contributed by atoms with Crippen molar-refractivity contribution in [1.29, 1.82) is 0 Å². The predicted octanol–water partition coefficient (Wildman–Crippen LogP) is 1.72. The van der Waals surface area contributed by atoms with Crippen LogP contribution in [0, 0.1) is 5.41 Å². The molecule has 1 rings (SSSR count). The Balaban J connectivity index is 2.58. The van der Waals surface area contributed by atoms with Crippen LogP contribution in [-0.2, 0) is 4.79 Å². The molecule has 2 N–H and O–H groups in total. The number of hydrogen-bond acceptors (Lipinski definition) is 3. The summed E-state index contributed by atoms with van der Waals surface area (Å²) in [6, 6.07) is 0.440. The van der Waals surface area contributed by atoms with Crippen LogP contribution in [0.15, 0.2) is 0 Å². The van der Waals surface area contributed by atoms with Gasteiger partial charge >= 0.3 is 5.97 Å². The standard InChI is InChI=1S/C13H25NO3/c1-10(2)14(3)9-8-13(12(16)17)6-4-11(15)5-7-13/h10-11,15H,4-9H2,1-3H3,(H,16,17). The number of carboxylic acid groups (broad SMARTS) is 1. The van der Waals surface area contributed by atoms with Gasteiger partial charge in [0.1, 0.15) is 0 Å². The third-order valence-corrected chi connectivity index (χ3v) is 4.19. The van der Waals surface area contributed by atoms with E-state index in [0.29, 0.717) is 38.1 Å². The lowest BCUT2D eigenvalue weighted by Crippen LogP contribution is -2.40. The van der Waals surface area contributed by atoms with E-state index in [9.17, 15) is 15.0 Å². The van der Waals surface area contributed by atoms with Crippen molar-refractivity contribution in [1.82, 2.24) is 4.90 Å². The first kappa shape index (κ1) is 14.5. The summed E-state index contributed by atoms with van der Waals surface area (Å²) in [5, 5.41) is 18.9. The summed E-state index contributed by atoms with van der Waals surface area (Å²) in [5.41, 5.74) is -0.609. The molecule has 0 heterocycles. The number of hydrogen-bond donors (Lipinski definition) is 2. The molecule has 0 aromatic heterocycles. The highest BCUT2D eigenvalue weighted by atomic mass is 16.4. The fourth-order valence-electron chi connectivity index (χ4n) is 2.37. The molecule has 0 atom stereocenters. The predicted molar refractivity (Wildman–Crippen MR) is 66.9 cm³/mol. The Morgan fingerprint density at radius 3 is 2.35 bits per heavy atom. The van der Waals surface area contributed by atoms with Crippen LogP contribution in [-0.4, -0.2) is 46.8 Å². The number of aliphatic carboxylic acids is 1. The topological polar surface area (TPSA) is 60.8 Å². The smallest absolute Gasteiger partial charge is 0.309 e. The van der Waals surface area contributed by atoms with E-state index >= 15 is 0 Å². The highest BCUT2D eigenvalue weighted by Gasteiger charge is 2.41. The Bertz CT molecular complexity index is 257. The van der Waals surface area contributed by atoms with Gasteiger partial charge in [-0.2, -0.15) is 0 Å². The van der Waals surface area contributed by atoms with Crippen molar-refractivity contribution >= 4 is 5.97 Å². The minimum absolute atomic E-state index is 0.301. The van der Waals surface area contributed by atoms with Crippen LogP contribution >= 0.6 is 0 Å². The molecule has 1 saturated carbocycles. The third-order valence-electron chi connectivity index (χ3n) is 4.19. The van der Waals surface area contributed by atoms with Gasteiger partial charge in [-0.3, -0.25) is 4.79 Å². The Hall–Kier alpha value is -0.610. The Labute approximate surface area is 104 Å².